The molecule has 1 aliphatic rings. The van der Waals surface area contributed by atoms with E-state index in [9.17, 15) is 9.90 Å². The molecule has 2 N–H and O–H groups in total. The fourth-order valence-electron chi connectivity index (χ4n) is 3.93. The molecular weight excluding hydrogens is 362 g/mol. The first-order chi connectivity index (χ1) is 14.1. The number of benzene rings is 3. The molecular formula is C24H27N3O2. The van der Waals surface area contributed by atoms with Gasteiger partial charge < -0.3 is 15.3 Å². The Hall–Kier alpha value is -3.05. The predicted octanol–water partition coefficient (Wildman–Crippen LogP) is 3.54. The van der Waals surface area contributed by atoms with Gasteiger partial charge in [-0.05, 0) is 41.5 Å². The molecule has 1 fully saturated rings. The number of fused-ring (bicyclic) bond motifs is 1. The number of phenols is 1. The second-order valence-corrected chi connectivity index (χ2v) is 7.65. The summed E-state index contributed by atoms with van der Waals surface area (Å²) < 4.78 is 0. The van der Waals surface area contributed by atoms with Crippen LogP contribution in [0.1, 0.15) is 18.5 Å². The minimum Gasteiger partial charge on any atom is -0.506 e. The van der Waals surface area contributed by atoms with Crippen LogP contribution in [0.2, 0.25) is 0 Å². The van der Waals surface area contributed by atoms with E-state index < -0.39 is 0 Å². The number of anilines is 1. The second-order valence-electron chi connectivity index (χ2n) is 7.65. The van der Waals surface area contributed by atoms with Gasteiger partial charge in [-0.1, -0.05) is 48.5 Å². The predicted molar refractivity (Wildman–Crippen MR) is 117 cm³/mol. The van der Waals surface area contributed by atoms with Gasteiger partial charge in [0.25, 0.3) is 0 Å². The van der Waals surface area contributed by atoms with Crippen LogP contribution in [0.5, 0.6) is 5.75 Å². The topological polar surface area (TPSA) is 55.8 Å². The lowest BCUT2D eigenvalue weighted by atomic mass is 10.0. The fraction of sp³-hybridized carbons (Fsp3) is 0.292. The van der Waals surface area contributed by atoms with Gasteiger partial charge in [0, 0.05) is 26.2 Å². The van der Waals surface area contributed by atoms with E-state index in [0.717, 1.165) is 37.4 Å². The highest BCUT2D eigenvalue weighted by Gasteiger charge is 2.21. The molecule has 0 bridgehead atoms. The van der Waals surface area contributed by atoms with Crippen LogP contribution in [0, 0.1) is 0 Å². The number of hydrogen-bond donors (Lipinski definition) is 2. The highest BCUT2D eigenvalue weighted by atomic mass is 16.3. The van der Waals surface area contributed by atoms with Crippen molar-refractivity contribution in [3.63, 3.8) is 0 Å². The molecule has 0 unspecified atom stereocenters. The largest absolute Gasteiger partial charge is 0.506 e. The maximum atomic E-state index is 12.6. The lowest BCUT2D eigenvalue weighted by molar-refractivity contribution is -0.123. The van der Waals surface area contributed by atoms with Gasteiger partial charge in [0.1, 0.15) is 5.75 Å². The normalized spacial score (nSPS) is 16.0. The molecule has 0 aromatic heterocycles. The molecule has 0 spiro atoms. The number of phenolic OH excluding ortho intramolecular Hbond substituents is 1. The van der Waals surface area contributed by atoms with Crippen LogP contribution in [-0.2, 0) is 4.79 Å². The average molecular weight is 389 g/mol. The molecule has 0 saturated carbocycles. The number of aromatic hydroxyl groups is 1. The van der Waals surface area contributed by atoms with Crippen molar-refractivity contribution >= 4 is 22.4 Å². The van der Waals surface area contributed by atoms with Crippen molar-refractivity contribution < 1.29 is 9.90 Å². The zero-order valence-corrected chi connectivity index (χ0v) is 16.7. The van der Waals surface area contributed by atoms with Gasteiger partial charge in [-0.3, -0.25) is 9.69 Å². The highest BCUT2D eigenvalue weighted by molar-refractivity contribution is 5.83. The van der Waals surface area contributed by atoms with Crippen LogP contribution in [0.4, 0.5) is 5.69 Å². The van der Waals surface area contributed by atoms with E-state index in [2.05, 4.69) is 45.4 Å². The summed E-state index contributed by atoms with van der Waals surface area (Å²) in [4.78, 5) is 16.9. The zero-order valence-electron chi connectivity index (χ0n) is 16.7. The van der Waals surface area contributed by atoms with Gasteiger partial charge in [0.05, 0.1) is 18.3 Å². The zero-order chi connectivity index (χ0) is 20.2. The first-order valence-electron chi connectivity index (χ1n) is 10.1. The molecule has 1 amide bonds. The third-order valence-corrected chi connectivity index (χ3v) is 5.61. The third-order valence-electron chi connectivity index (χ3n) is 5.61. The molecule has 3 aromatic carbocycles. The van der Waals surface area contributed by atoms with E-state index in [0.29, 0.717) is 12.3 Å². The standard InChI is InChI=1S/C24H27N3O2/c1-18(20-11-10-19-6-2-3-7-21(19)16-20)25-24(29)17-26-12-14-27(15-13-26)22-8-4-5-9-23(22)28/h2-11,16,18,28H,12-15,17H2,1H3,(H,25,29)/t18-/m1/s1. The number of carbonyl (C=O) groups excluding carboxylic acids is 1. The summed E-state index contributed by atoms with van der Waals surface area (Å²) in [5, 5.41) is 15.5. The molecule has 1 heterocycles. The Morgan fingerprint density at radius 2 is 1.66 bits per heavy atom. The molecule has 0 radical (unpaired) electrons. The second kappa shape index (κ2) is 8.53. The Morgan fingerprint density at radius 3 is 2.41 bits per heavy atom. The van der Waals surface area contributed by atoms with Crippen molar-refractivity contribution in [2.24, 2.45) is 0 Å². The molecule has 3 aromatic rings. The summed E-state index contributed by atoms with van der Waals surface area (Å²) in [6.07, 6.45) is 0. The van der Waals surface area contributed by atoms with Crippen LogP contribution in [0.15, 0.2) is 66.7 Å². The smallest absolute Gasteiger partial charge is 0.234 e. The number of rotatable bonds is 5. The lowest BCUT2D eigenvalue weighted by Crippen LogP contribution is -2.49. The minimum absolute atomic E-state index is 0.0327. The molecule has 1 saturated heterocycles. The Balaban J connectivity index is 1.30. The van der Waals surface area contributed by atoms with Crippen molar-refractivity contribution in [3.8, 4) is 5.75 Å². The maximum Gasteiger partial charge on any atom is 0.234 e. The van der Waals surface area contributed by atoms with Gasteiger partial charge in [-0.25, -0.2) is 0 Å². The molecule has 1 aliphatic heterocycles. The summed E-state index contributed by atoms with van der Waals surface area (Å²) >= 11 is 0. The monoisotopic (exact) mass is 389 g/mol. The van der Waals surface area contributed by atoms with Crippen LogP contribution < -0.4 is 10.2 Å². The lowest BCUT2D eigenvalue weighted by Gasteiger charge is -2.36. The van der Waals surface area contributed by atoms with Crippen molar-refractivity contribution in [3.05, 3.63) is 72.3 Å². The Morgan fingerprint density at radius 1 is 0.966 bits per heavy atom. The van der Waals surface area contributed by atoms with Crippen molar-refractivity contribution in [2.45, 2.75) is 13.0 Å². The number of nitrogens with zero attached hydrogens (tertiary/aromatic N) is 2. The van der Waals surface area contributed by atoms with Crippen LogP contribution >= 0.6 is 0 Å². The number of hydrogen-bond acceptors (Lipinski definition) is 4. The number of nitrogens with one attached hydrogen (secondary N) is 1. The van der Waals surface area contributed by atoms with Crippen molar-refractivity contribution in [2.75, 3.05) is 37.6 Å². The average Bonchev–Trinajstić information content (AvgIpc) is 2.74. The van der Waals surface area contributed by atoms with Gasteiger partial charge in [-0.15, -0.1) is 0 Å². The van der Waals surface area contributed by atoms with Crippen molar-refractivity contribution in [1.29, 1.82) is 0 Å². The van der Waals surface area contributed by atoms with Gasteiger partial charge >= 0.3 is 0 Å². The van der Waals surface area contributed by atoms with Crippen LogP contribution in [-0.4, -0.2) is 48.6 Å². The first-order valence-corrected chi connectivity index (χ1v) is 10.1. The Labute approximate surface area is 171 Å². The molecule has 0 aliphatic carbocycles. The Kier molecular flexibility index (Phi) is 5.67. The summed E-state index contributed by atoms with van der Waals surface area (Å²) in [6.45, 7) is 5.61. The van der Waals surface area contributed by atoms with E-state index in [-0.39, 0.29) is 11.9 Å². The third kappa shape index (κ3) is 4.51. The summed E-state index contributed by atoms with van der Waals surface area (Å²) in [6, 6.07) is 22.0. The first kappa shape index (κ1) is 19.3. The number of para-hydroxylation sites is 2. The van der Waals surface area contributed by atoms with E-state index in [1.165, 1.54) is 10.8 Å². The molecule has 4 rings (SSSR count). The molecule has 150 valence electrons. The summed E-state index contributed by atoms with van der Waals surface area (Å²) in [7, 11) is 0. The van der Waals surface area contributed by atoms with Crippen LogP contribution in [0.25, 0.3) is 10.8 Å². The number of amides is 1. The molecule has 5 heteroatoms. The summed E-state index contributed by atoms with van der Waals surface area (Å²) in [5.41, 5.74) is 1.97. The SMILES string of the molecule is C[C@@H](NC(=O)CN1CCN(c2ccccc2O)CC1)c1ccc2ccccc2c1. The number of carbonyl (C=O) groups is 1. The molecule has 5 nitrogen and oxygen atoms in total. The van der Waals surface area contributed by atoms with E-state index >= 15 is 0 Å². The number of piperazine rings is 1. The van der Waals surface area contributed by atoms with Gasteiger partial charge in [-0.2, -0.15) is 0 Å². The van der Waals surface area contributed by atoms with Gasteiger partial charge in [0.15, 0.2) is 0 Å². The summed E-state index contributed by atoms with van der Waals surface area (Å²) in [5.74, 6) is 0.351. The molecule has 29 heavy (non-hydrogen) atoms. The van der Waals surface area contributed by atoms with E-state index in [4.69, 9.17) is 0 Å². The van der Waals surface area contributed by atoms with Gasteiger partial charge in [0.2, 0.25) is 5.91 Å². The quantitative estimate of drug-likeness (QED) is 0.701. The molecule has 1 atom stereocenters. The minimum atomic E-state index is -0.0327. The fourth-order valence-corrected chi connectivity index (χ4v) is 3.93. The van der Waals surface area contributed by atoms with Crippen molar-refractivity contribution in [1.82, 2.24) is 10.2 Å². The Bertz CT molecular complexity index is 996. The van der Waals surface area contributed by atoms with Crippen LogP contribution in [0.3, 0.4) is 0 Å². The van der Waals surface area contributed by atoms with E-state index in [1.54, 1.807) is 6.07 Å². The maximum absolute atomic E-state index is 12.6. The van der Waals surface area contributed by atoms with E-state index in [1.807, 2.05) is 37.3 Å². The highest BCUT2D eigenvalue weighted by Crippen LogP contribution is 2.27.